The zero-order valence-electron chi connectivity index (χ0n) is 8.92. The Bertz CT molecular complexity index is 439. The van der Waals surface area contributed by atoms with Crippen molar-refractivity contribution >= 4 is 21.6 Å². The average molecular weight is 238 g/mol. The number of para-hydroxylation sites is 1. The molecule has 0 spiro atoms. The number of rotatable bonds is 4. The van der Waals surface area contributed by atoms with E-state index in [0.29, 0.717) is 11.6 Å². The summed E-state index contributed by atoms with van der Waals surface area (Å²) in [5, 5.41) is 22.9. The molecule has 0 aliphatic heterocycles. The molecule has 0 saturated carbocycles. The molecular weight excluding hydrogens is 224 g/mol. The van der Waals surface area contributed by atoms with Gasteiger partial charge in [0.25, 0.3) is 0 Å². The van der Waals surface area contributed by atoms with Gasteiger partial charge in [0.05, 0.1) is 16.3 Å². The summed E-state index contributed by atoms with van der Waals surface area (Å²) in [4.78, 5) is 4.30. The number of fused-ring (bicyclic) bond motifs is 1. The van der Waals surface area contributed by atoms with Gasteiger partial charge in [0.1, 0.15) is 11.1 Å². The zero-order valence-corrected chi connectivity index (χ0v) is 9.74. The van der Waals surface area contributed by atoms with Crippen molar-refractivity contribution in [1.29, 1.82) is 0 Å². The third-order valence-electron chi connectivity index (χ3n) is 2.34. The van der Waals surface area contributed by atoms with Gasteiger partial charge in [0.2, 0.25) is 0 Å². The van der Waals surface area contributed by atoms with Crippen LogP contribution in [0.15, 0.2) is 24.3 Å². The highest BCUT2D eigenvalue weighted by molar-refractivity contribution is 7.18. The molecule has 1 heterocycles. The molecule has 3 N–H and O–H groups in total. The molecule has 86 valence electrons. The van der Waals surface area contributed by atoms with Crippen LogP contribution in [0.25, 0.3) is 10.2 Å². The monoisotopic (exact) mass is 238 g/mol. The fourth-order valence-corrected chi connectivity index (χ4v) is 2.51. The fraction of sp³-hybridized carbons (Fsp3) is 0.364. The van der Waals surface area contributed by atoms with Gasteiger partial charge in [-0.2, -0.15) is 0 Å². The number of nitrogens with one attached hydrogen (secondary N) is 1. The number of aromatic nitrogens is 1. The first-order valence-electron chi connectivity index (χ1n) is 5.08. The molecule has 0 radical (unpaired) electrons. The Morgan fingerprint density at radius 3 is 2.81 bits per heavy atom. The quantitative estimate of drug-likeness (QED) is 0.741. The summed E-state index contributed by atoms with van der Waals surface area (Å²) in [5.41, 5.74) is 0.859. The van der Waals surface area contributed by atoms with Gasteiger partial charge in [-0.15, -0.1) is 11.3 Å². The van der Waals surface area contributed by atoms with Gasteiger partial charge in [0.15, 0.2) is 0 Å². The Morgan fingerprint density at radius 2 is 2.12 bits per heavy atom. The summed E-state index contributed by atoms with van der Waals surface area (Å²) in [5.74, 6) is 0. The lowest BCUT2D eigenvalue weighted by Crippen LogP contribution is -2.29. The van der Waals surface area contributed by atoms with Crippen LogP contribution in [0.3, 0.4) is 0 Å². The first kappa shape index (κ1) is 11.5. The molecular formula is C11H14N2O2S. The smallest absolute Gasteiger partial charge is 0.133 e. The van der Waals surface area contributed by atoms with E-state index < -0.39 is 12.2 Å². The number of benzene rings is 1. The molecule has 0 bridgehead atoms. The van der Waals surface area contributed by atoms with E-state index in [0.717, 1.165) is 10.2 Å². The summed E-state index contributed by atoms with van der Waals surface area (Å²) in [7, 11) is 1.73. The molecule has 0 fully saturated rings. The van der Waals surface area contributed by atoms with E-state index in [1.807, 2.05) is 24.3 Å². The van der Waals surface area contributed by atoms with Crippen LogP contribution in [0.1, 0.15) is 11.1 Å². The third-order valence-corrected chi connectivity index (χ3v) is 3.45. The van der Waals surface area contributed by atoms with E-state index in [-0.39, 0.29) is 0 Å². The van der Waals surface area contributed by atoms with Gasteiger partial charge >= 0.3 is 0 Å². The number of aliphatic hydroxyl groups excluding tert-OH is 2. The maximum absolute atomic E-state index is 9.88. The van der Waals surface area contributed by atoms with E-state index in [1.54, 1.807) is 7.05 Å². The van der Waals surface area contributed by atoms with E-state index in [1.165, 1.54) is 11.3 Å². The first-order valence-corrected chi connectivity index (χ1v) is 5.90. The molecule has 0 aliphatic carbocycles. The van der Waals surface area contributed by atoms with Crippen molar-refractivity contribution in [2.75, 3.05) is 13.6 Å². The van der Waals surface area contributed by atoms with Crippen LogP contribution in [-0.2, 0) is 0 Å². The zero-order chi connectivity index (χ0) is 11.5. The van der Waals surface area contributed by atoms with Crippen LogP contribution in [0.4, 0.5) is 0 Å². The second kappa shape index (κ2) is 4.88. The minimum atomic E-state index is -0.926. The molecule has 1 aromatic carbocycles. The molecule has 2 aromatic rings. The molecule has 2 rings (SSSR count). The van der Waals surface area contributed by atoms with Gasteiger partial charge in [-0.1, -0.05) is 12.1 Å². The molecule has 5 heteroatoms. The lowest BCUT2D eigenvalue weighted by Gasteiger charge is -2.14. The van der Waals surface area contributed by atoms with E-state index >= 15 is 0 Å². The molecule has 4 nitrogen and oxygen atoms in total. The number of thiazole rings is 1. The minimum Gasteiger partial charge on any atom is -0.389 e. The fourth-order valence-electron chi connectivity index (χ4n) is 1.50. The number of nitrogens with zero attached hydrogens (tertiary/aromatic N) is 1. The van der Waals surface area contributed by atoms with Gasteiger partial charge in [-0.25, -0.2) is 4.98 Å². The topological polar surface area (TPSA) is 65.4 Å². The van der Waals surface area contributed by atoms with Crippen molar-refractivity contribution in [1.82, 2.24) is 10.3 Å². The third kappa shape index (κ3) is 2.22. The second-order valence-corrected chi connectivity index (χ2v) is 4.65. The normalized spacial score (nSPS) is 15.2. The number of aliphatic hydroxyl groups is 2. The maximum Gasteiger partial charge on any atom is 0.133 e. The van der Waals surface area contributed by atoms with Crippen LogP contribution in [0, 0.1) is 0 Å². The Morgan fingerprint density at radius 1 is 1.38 bits per heavy atom. The van der Waals surface area contributed by atoms with E-state index in [2.05, 4.69) is 10.3 Å². The van der Waals surface area contributed by atoms with Crippen LogP contribution in [-0.4, -0.2) is 34.9 Å². The highest BCUT2D eigenvalue weighted by Gasteiger charge is 2.21. The average Bonchev–Trinajstić information content (AvgIpc) is 2.71. The van der Waals surface area contributed by atoms with Gasteiger partial charge in [-0.3, -0.25) is 0 Å². The molecule has 2 unspecified atom stereocenters. The standard InChI is InChI=1S/C11H14N2O2S/c1-12-6-8(14)10(15)11-13-7-4-2-3-5-9(7)16-11/h2-5,8,10,12,14-15H,6H2,1H3. The number of likely N-dealkylation sites (N-methyl/N-ethyl adjacent to an activating group) is 1. The first-order chi connectivity index (χ1) is 7.72. The van der Waals surface area contributed by atoms with Crippen LogP contribution in [0.5, 0.6) is 0 Å². The highest BCUT2D eigenvalue weighted by atomic mass is 32.1. The Balaban J connectivity index is 2.26. The number of hydrogen-bond donors (Lipinski definition) is 3. The van der Waals surface area contributed by atoms with Crippen LogP contribution >= 0.6 is 11.3 Å². The summed E-state index contributed by atoms with van der Waals surface area (Å²) < 4.78 is 1.02. The van der Waals surface area contributed by atoms with Crippen molar-refractivity contribution in [3.05, 3.63) is 29.3 Å². The van der Waals surface area contributed by atoms with Crippen LogP contribution < -0.4 is 5.32 Å². The largest absolute Gasteiger partial charge is 0.389 e. The highest BCUT2D eigenvalue weighted by Crippen LogP contribution is 2.27. The molecule has 1 aromatic heterocycles. The molecule has 0 saturated heterocycles. The predicted octanol–water partition coefficient (Wildman–Crippen LogP) is 0.910. The van der Waals surface area contributed by atoms with Crippen molar-refractivity contribution in [3.8, 4) is 0 Å². The Labute approximate surface area is 97.6 Å². The van der Waals surface area contributed by atoms with Crippen molar-refractivity contribution in [2.45, 2.75) is 12.2 Å². The molecule has 0 aliphatic rings. The Hall–Kier alpha value is -1.01. The van der Waals surface area contributed by atoms with Crippen LogP contribution in [0.2, 0.25) is 0 Å². The predicted molar refractivity (Wildman–Crippen MR) is 64.5 cm³/mol. The summed E-state index contributed by atoms with van der Waals surface area (Å²) in [6.45, 7) is 0.344. The van der Waals surface area contributed by atoms with Crippen molar-refractivity contribution in [3.63, 3.8) is 0 Å². The van der Waals surface area contributed by atoms with E-state index in [9.17, 15) is 10.2 Å². The Kier molecular flexibility index (Phi) is 3.50. The second-order valence-electron chi connectivity index (χ2n) is 3.59. The van der Waals surface area contributed by atoms with E-state index in [4.69, 9.17) is 0 Å². The van der Waals surface area contributed by atoms with Gasteiger partial charge in [0, 0.05) is 6.54 Å². The van der Waals surface area contributed by atoms with Crippen molar-refractivity contribution < 1.29 is 10.2 Å². The lowest BCUT2D eigenvalue weighted by molar-refractivity contribution is 0.0202. The minimum absolute atomic E-state index is 0.344. The lowest BCUT2D eigenvalue weighted by atomic mass is 10.2. The summed E-state index contributed by atoms with van der Waals surface area (Å²) >= 11 is 1.41. The van der Waals surface area contributed by atoms with Crippen molar-refractivity contribution in [2.24, 2.45) is 0 Å². The van der Waals surface area contributed by atoms with Gasteiger partial charge < -0.3 is 15.5 Å². The molecule has 16 heavy (non-hydrogen) atoms. The van der Waals surface area contributed by atoms with Gasteiger partial charge in [-0.05, 0) is 19.2 Å². The number of hydrogen-bond acceptors (Lipinski definition) is 5. The molecule has 2 atom stereocenters. The SMILES string of the molecule is CNCC(O)C(O)c1nc2ccccc2s1. The maximum atomic E-state index is 9.88. The summed E-state index contributed by atoms with van der Waals surface area (Å²) in [6.07, 6.45) is -1.75. The summed E-state index contributed by atoms with van der Waals surface area (Å²) in [6, 6.07) is 7.68. The molecule has 0 amide bonds.